The molecule has 0 spiro atoms. The van der Waals surface area contributed by atoms with E-state index in [-0.39, 0.29) is 6.03 Å². The number of hydrogen-bond acceptors (Lipinski definition) is 4. The minimum Gasteiger partial charge on any atom is -0.467 e. The number of furan rings is 1. The highest BCUT2D eigenvalue weighted by Crippen LogP contribution is 2.18. The van der Waals surface area contributed by atoms with Crippen LogP contribution in [-0.4, -0.2) is 15.9 Å². The summed E-state index contributed by atoms with van der Waals surface area (Å²) in [5, 5.41) is 2.95. The average Bonchev–Trinajstić information content (AvgIpc) is 3.25. The van der Waals surface area contributed by atoms with E-state index >= 15 is 0 Å². The summed E-state index contributed by atoms with van der Waals surface area (Å²) in [5.41, 5.74) is 0.968. The number of aromatic nitrogens is 1. The number of aryl methyl sites for hydroxylation is 1. The van der Waals surface area contributed by atoms with E-state index in [0.29, 0.717) is 19.6 Å². The average molecular weight is 341 g/mol. The van der Waals surface area contributed by atoms with Gasteiger partial charge in [0.1, 0.15) is 5.76 Å². The molecule has 6 heteroatoms. The summed E-state index contributed by atoms with van der Waals surface area (Å²) in [6, 6.07) is 11.5. The van der Waals surface area contributed by atoms with Crippen LogP contribution >= 0.6 is 11.3 Å². The van der Waals surface area contributed by atoms with Gasteiger partial charge in [0.2, 0.25) is 0 Å². The minimum absolute atomic E-state index is 0.124. The van der Waals surface area contributed by atoms with Gasteiger partial charge in [0.15, 0.2) is 0 Å². The van der Waals surface area contributed by atoms with Gasteiger partial charge in [-0.15, -0.1) is 11.3 Å². The van der Waals surface area contributed by atoms with Gasteiger partial charge in [-0.3, -0.25) is 4.98 Å². The molecular formula is C18H19N3O2S. The predicted molar refractivity (Wildman–Crippen MR) is 93.5 cm³/mol. The molecule has 3 heterocycles. The highest BCUT2D eigenvalue weighted by atomic mass is 32.1. The van der Waals surface area contributed by atoms with Gasteiger partial charge in [-0.25, -0.2) is 4.79 Å². The molecule has 5 nitrogen and oxygen atoms in total. The number of hydrogen-bond donors (Lipinski definition) is 1. The third-order valence-corrected chi connectivity index (χ3v) is 4.51. The Hall–Kier alpha value is -2.60. The molecule has 0 unspecified atom stereocenters. The van der Waals surface area contributed by atoms with Crippen molar-refractivity contribution in [1.82, 2.24) is 15.2 Å². The Morgan fingerprint density at radius 1 is 1.25 bits per heavy atom. The molecule has 0 atom stereocenters. The van der Waals surface area contributed by atoms with Crippen molar-refractivity contribution in [3.05, 3.63) is 76.1 Å². The second-order valence-corrected chi connectivity index (χ2v) is 6.84. The fraction of sp³-hybridized carbons (Fsp3) is 0.222. The lowest BCUT2D eigenvalue weighted by Gasteiger charge is -2.21. The maximum absolute atomic E-state index is 12.6. The number of thiophene rings is 1. The summed E-state index contributed by atoms with van der Waals surface area (Å²) < 4.78 is 5.39. The van der Waals surface area contributed by atoms with Crippen molar-refractivity contribution in [2.75, 3.05) is 0 Å². The monoisotopic (exact) mass is 341 g/mol. The summed E-state index contributed by atoms with van der Waals surface area (Å²) in [6.07, 6.45) is 5.09. The second kappa shape index (κ2) is 7.79. The molecule has 0 saturated heterocycles. The molecule has 0 saturated carbocycles. The summed E-state index contributed by atoms with van der Waals surface area (Å²) >= 11 is 1.70. The first-order chi connectivity index (χ1) is 11.7. The van der Waals surface area contributed by atoms with Crippen LogP contribution in [0.15, 0.2) is 59.5 Å². The molecule has 0 radical (unpaired) electrons. The Labute approximate surface area is 144 Å². The van der Waals surface area contributed by atoms with E-state index in [1.807, 2.05) is 24.3 Å². The van der Waals surface area contributed by atoms with Crippen LogP contribution in [0.3, 0.4) is 0 Å². The van der Waals surface area contributed by atoms with Crippen LogP contribution in [0.1, 0.15) is 21.1 Å². The molecule has 2 amide bonds. The topological polar surface area (TPSA) is 58.4 Å². The Kier molecular flexibility index (Phi) is 5.28. The zero-order chi connectivity index (χ0) is 16.8. The van der Waals surface area contributed by atoms with Crippen molar-refractivity contribution in [3.63, 3.8) is 0 Å². The SMILES string of the molecule is Cc1ccc(CN(Cc2ccco2)C(=O)NCc2cccnc2)s1. The lowest BCUT2D eigenvalue weighted by molar-refractivity contribution is 0.187. The van der Waals surface area contributed by atoms with E-state index < -0.39 is 0 Å². The second-order valence-electron chi connectivity index (χ2n) is 5.47. The third kappa shape index (κ3) is 4.45. The molecule has 0 aliphatic carbocycles. The Balaban J connectivity index is 1.66. The van der Waals surface area contributed by atoms with Gasteiger partial charge in [0.05, 0.1) is 19.4 Å². The predicted octanol–water partition coefficient (Wildman–Crippen LogP) is 3.96. The van der Waals surface area contributed by atoms with Crippen LogP contribution < -0.4 is 5.32 Å². The minimum atomic E-state index is -0.124. The van der Waals surface area contributed by atoms with E-state index in [1.165, 1.54) is 4.88 Å². The van der Waals surface area contributed by atoms with Gasteiger partial charge in [-0.2, -0.15) is 0 Å². The number of urea groups is 1. The fourth-order valence-corrected chi connectivity index (χ4v) is 3.25. The molecule has 0 aliphatic heterocycles. The first kappa shape index (κ1) is 16.3. The summed E-state index contributed by atoms with van der Waals surface area (Å²) in [7, 11) is 0. The lowest BCUT2D eigenvalue weighted by Crippen LogP contribution is -2.38. The van der Waals surface area contributed by atoms with E-state index in [2.05, 4.69) is 29.4 Å². The molecule has 3 aromatic rings. The van der Waals surface area contributed by atoms with E-state index in [0.717, 1.165) is 16.2 Å². The van der Waals surface area contributed by atoms with Gasteiger partial charge in [0, 0.05) is 28.7 Å². The molecule has 0 bridgehead atoms. The maximum atomic E-state index is 12.6. The molecule has 124 valence electrons. The maximum Gasteiger partial charge on any atom is 0.318 e. The highest BCUT2D eigenvalue weighted by Gasteiger charge is 2.16. The highest BCUT2D eigenvalue weighted by molar-refractivity contribution is 7.11. The Morgan fingerprint density at radius 3 is 2.83 bits per heavy atom. The van der Waals surface area contributed by atoms with E-state index in [9.17, 15) is 4.79 Å². The van der Waals surface area contributed by atoms with Crippen molar-refractivity contribution >= 4 is 17.4 Å². The summed E-state index contributed by atoms with van der Waals surface area (Å²) in [6.45, 7) is 3.50. The number of nitrogens with zero attached hydrogens (tertiary/aromatic N) is 2. The van der Waals surface area contributed by atoms with Crippen molar-refractivity contribution < 1.29 is 9.21 Å². The molecule has 0 aromatic carbocycles. The van der Waals surface area contributed by atoms with Crippen molar-refractivity contribution in [2.24, 2.45) is 0 Å². The molecule has 1 N–H and O–H groups in total. The van der Waals surface area contributed by atoms with Crippen LogP contribution in [0.25, 0.3) is 0 Å². The van der Waals surface area contributed by atoms with Crippen molar-refractivity contribution in [1.29, 1.82) is 0 Å². The molecule has 3 rings (SSSR count). The van der Waals surface area contributed by atoms with E-state index in [1.54, 1.807) is 34.9 Å². The number of nitrogens with one attached hydrogen (secondary N) is 1. The van der Waals surface area contributed by atoms with Gasteiger partial charge < -0.3 is 14.6 Å². The van der Waals surface area contributed by atoms with Crippen LogP contribution in [0.4, 0.5) is 4.79 Å². The Bertz CT molecular complexity index is 769. The zero-order valence-corrected chi connectivity index (χ0v) is 14.3. The molecule has 0 fully saturated rings. The van der Waals surface area contributed by atoms with Gasteiger partial charge in [0.25, 0.3) is 0 Å². The third-order valence-electron chi connectivity index (χ3n) is 3.52. The first-order valence-electron chi connectivity index (χ1n) is 7.70. The molecule has 3 aromatic heterocycles. The lowest BCUT2D eigenvalue weighted by atomic mass is 10.3. The quantitative estimate of drug-likeness (QED) is 0.738. The normalized spacial score (nSPS) is 10.5. The van der Waals surface area contributed by atoms with Gasteiger partial charge >= 0.3 is 6.03 Å². The number of amides is 2. The molecule has 0 aliphatic rings. The van der Waals surface area contributed by atoms with Crippen molar-refractivity contribution in [2.45, 2.75) is 26.6 Å². The summed E-state index contributed by atoms with van der Waals surface area (Å²) in [5.74, 6) is 0.764. The standard InChI is InChI=1S/C18H19N3O2S/c1-14-6-7-17(24-14)13-21(12-16-5-3-9-23-16)18(22)20-11-15-4-2-8-19-10-15/h2-10H,11-13H2,1H3,(H,20,22). The number of carbonyl (C=O) groups excluding carboxylic acids is 1. The fourth-order valence-electron chi connectivity index (χ4n) is 2.34. The number of carbonyl (C=O) groups is 1. The molecular weight excluding hydrogens is 322 g/mol. The van der Waals surface area contributed by atoms with E-state index in [4.69, 9.17) is 4.42 Å². The number of rotatable bonds is 6. The van der Waals surface area contributed by atoms with Gasteiger partial charge in [-0.05, 0) is 42.8 Å². The van der Waals surface area contributed by atoms with Gasteiger partial charge in [-0.1, -0.05) is 6.07 Å². The van der Waals surface area contributed by atoms with Crippen LogP contribution in [-0.2, 0) is 19.6 Å². The number of pyridine rings is 1. The first-order valence-corrected chi connectivity index (χ1v) is 8.52. The van der Waals surface area contributed by atoms with Crippen LogP contribution in [0.5, 0.6) is 0 Å². The summed E-state index contributed by atoms with van der Waals surface area (Å²) in [4.78, 5) is 20.8. The largest absolute Gasteiger partial charge is 0.467 e. The zero-order valence-electron chi connectivity index (χ0n) is 13.4. The molecule has 24 heavy (non-hydrogen) atoms. The van der Waals surface area contributed by atoms with Crippen LogP contribution in [0, 0.1) is 6.92 Å². The smallest absolute Gasteiger partial charge is 0.318 e. The Morgan fingerprint density at radius 2 is 2.17 bits per heavy atom. The van der Waals surface area contributed by atoms with Crippen LogP contribution in [0.2, 0.25) is 0 Å². The van der Waals surface area contributed by atoms with Crippen molar-refractivity contribution in [3.8, 4) is 0 Å².